The predicted octanol–water partition coefficient (Wildman–Crippen LogP) is 2.52. The van der Waals surface area contributed by atoms with Crippen molar-refractivity contribution in [2.24, 2.45) is 0 Å². The molecule has 0 radical (unpaired) electrons. The van der Waals surface area contributed by atoms with Crippen LogP contribution in [0.4, 0.5) is 0 Å². The molecule has 0 unspecified atom stereocenters. The Bertz CT molecular complexity index is 475. The van der Waals surface area contributed by atoms with Crippen LogP contribution >= 0.6 is 0 Å². The van der Waals surface area contributed by atoms with Crippen LogP contribution in [0.15, 0.2) is 12.1 Å². The van der Waals surface area contributed by atoms with E-state index in [0.29, 0.717) is 0 Å². The van der Waals surface area contributed by atoms with Crippen molar-refractivity contribution in [3.8, 4) is 11.5 Å². The van der Waals surface area contributed by atoms with E-state index in [1.807, 2.05) is 19.1 Å². The number of carboxylic acids is 1. The van der Waals surface area contributed by atoms with Gasteiger partial charge < -0.3 is 14.6 Å². The summed E-state index contributed by atoms with van der Waals surface area (Å²) >= 11 is 0. The van der Waals surface area contributed by atoms with Crippen LogP contribution in [0.25, 0.3) is 0 Å². The van der Waals surface area contributed by atoms with Crippen LogP contribution in [0.1, 0.15) is 30.4 Å². The molecule has 98 valence electrons. The Morgan fingerprint density at radius 2 is 2.00 bits per heavy atom. The van der Waals surface area contributed by atoms with E-state index >= 15 is 0 Å². The predicted molar refractivity (Wildman–Crippen MR) is 67.4 cm³/mol. The van der Waals surface area contributed by atoms with Gasteiger partial charge in [-0.2, -0.15) is 0 Å². The fourth-order valence-corrected chi connectivity index (χ4v) is 2.56. The monoisotopic (exact) mass is 250 g/mol. The van der Waals surface area contributed by atoms with Gasteiger partial charge in [-0.15, -0.1) is 0 Å². The van der Waals surface area contributed by atoms with E-state index in [-0.39, 0.29) is 11.8 Å². The Morgan fingerprint density at radius 1 is 1.33 bits per heavy atom. The topological polar surface area (TPSA) is 55.8 Å². The van der Waals surface area contributed by atoms with Crippen LogP contribution in [0.3, 0.4) is 0 Å². The van der Waals surface area contributed by atoms with Gasteiger partial charge in [-0.1, -0.05) is 6.07 Å². The van der Waals surface area contributed by atoms with Crippen molar-refractivity contribution in [1.29, 1.82) is 0 Å². The highest BCUT2D eigenvalue weighted by atomic mass is 16.5. The summed E-state index contributed by atoms with van der Waals surface area (Å²) in [5, 5.41) is 9.07. The van der Waals surface area contributed by atoms with Crippen molar-refractivity contribution >= 4 is 5.97 Å². The molecule has 0 heterocycles. The zero-order valence-electron chi connectivity index (χ0n) is 10.9. The molecule has 1 aliphatic carbocycles. The number of aryl methyl sites for hydroxylation is 1. The first-order valence-corrected chi connectivity index (χ1v) is 5.98. The molecule has 1 aromatic carbocycles. The van der Waals surface area contributed by atoms with Crippen molar-refractivity contribution in [1.82, 2.24) is 0 Å². The second kappa shape index (κ2) is 4.52. The van der Waals surface area contributed by atoms with Gasteiger partial charge in [0.1, 0.15) is 11.5 Å². The molecule has 1 saturated carbocycles. The lowest BCUT2D eigenvalue weighted by Gasteiger charge is -2.21. The van der Waals surface area contributed by atoms with Crippen LogP contribution in [-0.4, -0.2) is 25.3 Å². The second-order valence-electron chi connectivity index (χ2n) is 4.84. The Morgan fingerprint density at radius 3 is 2.44 bits per heavy atom. The van der Waals surface area contributed by atoms with Gasteiger partial charge in [0.05, 0.1) is 20.6 Å². The van der Waals surface area contributed by atoms with Crippen LogP contribution in [-0.2, 0) is 10.2 Å². The molecule has 0 aromatic heterocycles. The van der Waals surface area contributed by atoms with Crippen LogP contribution < -0.4 is 9.47 Å². The van der Waals surface area contributed by atoms with Gasteiger partial charge in [-0.3, -0.25) is 4.79 Å². The second-order valence-corrected chi connectivity index (χ2v) is 4.84. The molecule has 1 fully saturated rings. The minimum Gasteiger partial charge on any atom is -0.496 e. The third-order valence-electron chi connectivity index (χ3n) is 3.61. The van der Waals surface area contributed by atoms with Gasteiger partial charge in [-0.05, 0) is 31.4 Å². The number of methoxy groups -OCH3 is 2. The molecule has 0 atom stereocenters. The zero-order valence-corrected chi connectivity index (χ0v) is 10.9. The Balaban J connectivity index is 2.54. The van der Waals surface area contributed by atoms with Crippen molar-refractivity contribution in [3.63, 3.8) is 0 Å². The summed E-state index contributed by atoms with van der Waals surface area (Å²) in [5.74, 6) is 0.697. The van der Waals surface area contributed by atoms with E-state index in [0.717, 1.165) is 35.5 Å². The summed E-state index contributed by atoms with van der Waals surface area (Å²) in [5.41, 5.74) is 1.61. The summed E-state index contributed by atoms with van der Waals surface area (Å²) in [6, 6.07) is 3.81. The maximum atomic E-state index is 11.0. The molecular weight excluding hydrogens is 232 g/mol. The molecule has 1 aliphatic rings. The SMILES string of the molecule is COc1ccc(C)c(OC)c1C1(CC(=O)O)CC1. The number of hydrogen-bond donors (Lipinski definition) is 1. The van der Waals surface area contributed by atoms with Gasteiger partial charge in [0.2, 0.25) is 0 Å². The Kier molecular flexibility index (Phi) is 3.20. The first kappa shape index (κ1) is 12.7. The third kappa shape index (κ3) is 2.03. The maximum absolute atomic E-state index is 11.0. The molecule has 2 rings (SSSR count). The van der Waals surface area contributed by atoms with Gasteiger partial charge in [0.25, 0.3) is 0 Å². The van der Waals surface area contributed by atoms with Crippen molar-refractivity contribution in [2.45, 2.75) is 31.6 Å². The molecule has 1 N–H and O–H groups in total. The number of aliphatic carboxylic acids is 1. The molecule has 0 saturated heterocycles. The van der Waals surface area contributed by atoms with E-state index in [1.165, 1.54) is 0 Å². The summed E-state index contributed by atoms with van der Waals surface area (Å²) < 4.78 is 10.8. The average Bonchev–Trinajstić information content (AvgIpc) is 3.08. The molecule has 0 amide bonds. The molecular formula is C14H18O4. The van der Waals surface area contributed by atoms with Gasteiger partial charge in [0.15, 0.2) is 0 Å². The fourth-order valence-electron chi connectivity index (χ4n) is 2.56. The van der Waals surface area contributed by atoms with E-state index in [4.69, 9.17) is 14.6 Å². The highest BCUT2D eigenvalue weighted by Crippen LogP contribution is 2.57. The normalized spacial score (nSPS) is 16.2. The van der Waals surface area contributed by atoms with Crippen molar-refractivity contribution in [3.05, 3.63) is 23.3 Å². The molecule has 18 heavy (non-hydrogen) atoms. The fraction of sp³-hybridized carbons (Fsp3) is 0.500. The van der Waals surface area contributed by atoms with E-state index in [2.05, 4.69) is 0 Å². The molecule has 0 bridgehead atoms. The van der Waals surface area contributed by atoms with Gasteiger partial charge >= 0.3 is 5.97 Å². The van der Waals surface area contributed by atoms with E-state index in [9.17, 15) is 4.79 Å². The van der Waals surface area contributed by atoms with Crippen LogP contribution in [0, 0.1) is 6.92 Å². The zero-order chi connectivity index (χ0) is 13.3. The first-order chi connectivity index (χ1) is 8.54. The van der Waals surface area contributed by atoms with Gasteiger partial charge in [-0.25, -0.2) is 0 Å². The largest absolute Gasteiger partial charge is 0.496 e. The summed E-state index contributed by atoms with van der Waals surface area (Å²) in [7, 11) is 3.21. The number of carboxylic acid groups (broad SMARTS) is 1. The smallest absolute Gasteiger partial charge is 0.304 e. The van der Waals surface area contributed by atoms with E-state index in [1.54, 1.807) is 14.2 Å². The summed E-state index contributed by atoms with van der Waals surface area (Å²) in [6.45, 7) is 1.96. The van der Waals surface area contributed by atoms with Gasteiger partial charge in [0, 0.05) is 11.0 Å². The highest BCUT2D eigenvalue weighted by Gasteiger charge is 2.49. The first-order valence-electron chi connectivity index (χ1n) is 5.98. The number of benzene rings is 1. The molecule has 4 heteroatoms. The van der Waals surface area contributed by atoms with Crippen molar-refractivity contribution in [2.75, 3.05) is 14.2 Å². The quantitative estimate of drug-likeness (QED) is 0.872. The maximum Gasteiger partial charge on any atom is 0.304 e. The summed E-state index contributed by atoms with van der Waals surface area (Å²) in [4.78, 5) is 11.0. The number of rotatable bonds is 5. The van der Waals surface area contributed by atoms with E-state index < -0.39 is 5.97 Å². The molecule has 0 spiro atoms. The third-order valence-corrected chi connectivity index (χ3v) is 3.61. The Labute approximate surface area is 107 Å². The highest BCUT2D eigenvalue weighted by molar-refractivity contribution is 5.72. The standard InChI is InChI=1S/C14H18O4/c1-9-4-5-10(17-2)12(13(9)18-3)14(6-7-14)8-11(15)16/h4-5H,6-8H2,1-3H3,(H,15,16). The molecule has 4 nitrogen and oxygen atoms in total. The van der Waals surface area contributed by atoms with Crippen molar-refractivity contribution < 1.29 is 19.4 Å². The average molecular weight is 250 g/mol. The van der Waals surface area contributed by atoms with Crippen LogP contribution in [0.5, 0.6) is 11.5 Å². The lowest BCUT2D eigenvalue weighted by Crippen LogP contribution is -2.16. The minimum absolute atomic E-state index is 0.128. The number of ether oxygens (including phenoxy) is 2. The lowest BCUT2D eigenvalue weighted by molar-refractivity contribution is -0.137. The number of carbonyl (C=O) groups is 1. The molecule has 0 aliphatic heterocycles. The molecule has 1 aromatic rings. The van der Waals surface area contributed by atoms with Crippen LogP contribution in [0.2, 0.25) is 0 Å². The minimum atomic E-state index is -0.780. The Hall–Kier alpha value is -1.71. The number of hydrogen-bond acceptors (Lipinski definition) is 3. The lowest BCUT2D eigenvalue weighted by atomic mass is 9.89. The summed E-state index contributed by atoms with van der Waals surface area (Å²) in [6.07, 6.45) is 1.87.